The van der Waals surface area contributed by atoms with E-state index in [1.54, 1.807) is 24.3 Å². The van der Waals surface area contributed by atoms with Crippen molar-refractivity contribution in [1.29, 1.82) is 0 Å². The zero-order valence-electron chi connectivity index (χ0n) is 17.4. The van der Waals surface area contributed by atoms with E-state index in [4.69, 9.17) is 16.2 Å². The van der Waals surface area contributed by atoms with Crippen molar-refractivity contribution in [1.82, 2.24) is 10.2 Å². The molecule has 3 fully saturated rings. The Balaban J connectivity index is 1.56. The quantitative estimate of drug-likeness (QED) is 0.621. The first-order chi connectivity index (χ1) is 14.2. The van der Waals surface area contributed by atoms with Gasteiger partial charge in [0.15, 0.2) is 5.78 Å². The Morgan fingerprint density at radius 2 is 1.90 bits per heavy atom. The number of anilines is 1. The number of hydrogen-bond acceptors (Lipinski definition) is 6. The Morgan fingerprint density at radius 3 is 2.57 bits per heavy atom. The van der Waals surface area contributed by atoms with E-state index in [1.165, 1.54) is 4.90 Å². The standard InChI is InChI=1S/C22H30N4O4/c1-21(8-2-3-9-21)12-16(25-19(28)14-4-6-15(23)7-5-14)20(29)26-11-10-22(24)18(26)17(27)13-30-22/h4-7,16,18H,2-3,8-13,23-24H2,1H3,(H,25,28)/t16-,18?,22?/m0/s1. The molecule has 0 radical (unpaired) electrons. The van der Waals surface area contributed by atoms with Gasteiger partial charge < -0.3 is 26.4 Å². The minimum Gasteiger partial charge on any atom is -0.399 e. The van der Waals surface area contributed by atoms with Crippen LogP contribution in [0.25, 0.3) is 0 Å². The number of rotatable bonds is 5. The van der Waals surface area contributed by atoms with Crippen molar-refractivity contribution in [3.05, 3.63) is 29.8 Å². The summed E-state index contributed by atoms with van der Waals surface area (Å²) >= 11 is 0. The topological polar surface area (TPSA) is 128 Å². The molecule has 3 aliphatic rings. The summed E-state index contributed by atoms with van der Waals surface area (Å²) in [5.74, 6) is -0.774. The number of benzene rings is 1. The van der Waals surface area contributed by atoms with Crippen LogP contribution < -0.4 is 16.8 Å². The molecule has 30 heavy (non-hydrogen) atoms. The van der Waals surface area contributed by atoms with Gasteiger partial charge in [-0.3, -0.25) is 14.4 Å². The van der Waals surface area contributed by atoms with Crippen molar-refractivity contribution in [2.24, 2.45) is 11.1 Å². The Bertz CT molecular complexity index is 849. The third kappa shape index (κ3) is 3.81. The highest BCUT2D eigenvalue weighted by Crippen LogP contribution is 2.42. The molecule has 2 unspecified atom stereocenters. The molecule has 5 N–H and O–H groups in total. The molecule has 4 rings (SSSR count). The van der Waals surface area contributed by atoms with Crippen LogP contribution in [0.2, 0.25) is 0 Å². The molecule has 8 nitrogen and oxygen atoms in total. The van der Waals surface area contributed by atoms with Crippen LogP contribution in [0.5, 0.6) is 0 Å². The molecule has 3 atom stereocenters. The zero-order valence-corrected chi connectivity index (χ0v) is 17.4. The molecule has 1 saturated carbocycles. The van der Waals surface area contributed by atoms with E-state index >= 15 is 0 Å². The summed E-state index contributed by atoms with van der Waals surface area (Å²) in [6, 6.07) is 5.08. The molecule has 2 heterocycles. The fourth-order valence-corrected chi connectivity index (χ4v) is 5.15. The summed E-state index contributed by atoms with van der Waals surface area (Å²) in [7, 11) is 0. The number of ketones is 1. The molecule has 8 heteroatoms. The van der Waals surface area contributed by atoms with Gasteiger partial charge in [0, 0.05) is 24.2 Å². The molecule has 1 aliphatic carbocycles. The monoisotopic (exact) mass is 414 g/mol. The Hall–Kier alpha value is -2.45. The van der Waals surface area contributed by atoms with Gasteiger partial charge in [0.05, 0.1) is 0 Å². The maximum absolute atomic E-state index is 13.6. The average molecular weight is 415 g/mol. The second-order valence-electron chi connectivity index (χ2n) is 9.26. The van der Waals surface area contributed by atoms with E-state index in [9.17, 15) is 14.4 Å². The van der Waals surface area contributed by atoms with Gasteiger partial charge in [-0.2, -0.15) is 0 Å². The first-order valence-electron chi connectivity index (χ1n) is 10.6. The molecule has 162 valence electrons. The van der Waals surface area contributed by atoms with Crippen molar-refractivity contribution in [2.75, 3.05) is 18.9 Å². The van der Waals surface area contributed by atoms with Crippen molar-refractivity contribution >= 4 is 23.3 Å². The summed E-state index contributed by atoms with van der Waals surface area (Å²) in [6.45, 7) is 2.43. The van der Waals surface area contributed by atoms with E-state index in [-0.39, 0.29) is 29.6 Å². The SMILES string of the molecule is CC1(C[C@H](NC(=O)c2ccc(N)cc2)C(=O)N2CCC3(N)OCC(=O)C23)CCCC1. The predicted molar refractivity (Wildman–Crippen MR) is 111 cm³/mol. The average Bonchev–Trinajstić information content (AvgIpc) is 3.37. The number of hydrogen-bond donors (Lipinski definition) is 3. The lowest BCUT2D eigenvalue weighted by molar-refractivity contribution is -0.139. The van der Waals surface area contributed by atoms with Gasteiger partial charge in [0.1, 0.15) is 24.4 Å². The molecule has 2 saturated heterocycles. The Morgan fingerprint density at radius 1 is 1.23 bits per heavy atom. The second kappa shape index (κ2) is 7.67. The smallest absolute Gasteiger partial charge is 0.251 e. The van der Waals surface area contributed by atoms with E-state index in [0.717, 1.165) is 25.7 Å². The highest BCUT2D eigenvalue weighted by molar-refractivity contribution is 5.99. The normalized spacial score (nSPS) is 28.4. The van der Waals surface area contributed by atoms with Crippen LogP contribution in [0.1, 0.15) is 55.8 Å². The number of nitrogen functional groups attached to an aromatic ring is 1. The molecular formula is C22H30N4O4. The summed E-state index contributed by atoms with van der Waals surface area (Å²) in [6.07, 6.45) is 5.21. The summed E-state index contributed by atoms with van der Waals surface area (Å²) in [4.78, 5) is 40.3. The second-order valence-corrected chi connectivity index (χ2v) is 9.26. The van der Waals surface area contributed by atoms with Crippen LogP contribution in [-0.4, -0.2) is 53.5 Å². The molecule has 2 amide bonds. The molecule has 0 aromatic heterocycles. The maximum Gasteiger partial charge on any atom is 0.251 e. The lowest BCUT2D eigenvalue weighted by atomic mass is 9.81. The van der Waals surface area contributed by atoms with Crippen LogP contribution in [0.4, 0.5) is 5.69 Å². The first kappa shape index (κ1) is 20.8. The number of nitrogens with two attached hydrogens (primary N) is 2. The minimum atomic E-state index is -1.12. The Kier molecular flexibility index (Phi) is 5.32. The summed E-state index contributed by atoms with van der Waals surface area (Å²) in [5.41, 5.74) is 11.8. The molecule has 0 bridgehead atoms. The highest BCUT2D eigenvalue weighted by atomic mass is 16.5. The van der Waals surface area contributed by atoms with E-state index in [0.29, 0.717) is 30.6 Å². The molecule has 0 spiro atoms. The van der Waals surface area contributed by atoms with Gasteiger partial charge in [0.25, 0.3) is 5.91 Å². The number of carbonyl (C=O) groups excluding carboxylic acids is 3. The van der Waals surface area contributed by atoms with Gasteiger partial charge in [-0.05, 0) is 48.9 Å². The number of fused-ring (bicyclic) bond motifs is 1. The number of amides is 2. The molecular weight excluding hydrogens is 384 g/mol. The van der Waals surface area contributed by atoms with Crippen LogP contribution >= 0.6 is 0 Å². The minimum absolute atomic E-state index is 0.0234. The summed E-state index contributed by atoms with van der Waals surface area (Å²) in [5, 5.41) is 2.92. The van der Waals surface area contributed by atoms with E-state index in [1.807, 2.05) is 0 Å². The highest BCUT2D eigenvalue weighted by Gasteiger charge is 2.56. The lowest BCUT2D eigenvalue weighted by Gasteiger charge is -2.33. The van der Waals surface area contributed by atoms with Gasteiger partial charge in [-0.15, -0.1) is 0 Å². The van der Waals surface area contributed by atoms with E-state index in [2.05, 4.69) is 12.2 Å². The predicted octanol–water partition coefficient (Wildman–Crippen LogP) is 1.19. The van der Waals surface area contributed by atoms with Crippen LogP contribution in [0.15, 0.2) is 24.3 Å². The molecule has 1 aromatic carbocycles. The number of Topliss-reactive ketones (excluding diaryl/α,β-unsaturated/α-hetero) is 1. The maximum atomic E-state index is 13.6. The number of ether oxygens (including phenoxy) is 1. The van der Waals surface area contributed by atoms with E-state index < -0.39 is 17.8 Å². The van der Waals surface area contributed by atoms with Gasteiger partial charge in [0.2, 0.25) is 5.91 Å². The van der Waals surface area contributed by atoms with Crippen LogP contribution in [0, 0.1) is 5.41 Å². The van der Waals surface area contributed by atoms with Crippen molar-refractivity contribution < 1.29 is 19.1 Å². The number of nitrogens with zero attached hydrogens (tertiary/aromatic N) is 1. The summed E-state index contributed by atoms with van der Waals surface area (Å²) < 4.78 is 5.49. The van der Waals surface area contributed by atoms with Crippen molar-refractivity contribution in [2.45, 2.75) is 63.3 Å². The largest absolute Gasteiger partial charge is 0.399 e. The van der Waals surface area contributed by atoms with Crippen LogP contribution in [-0.2, 0) is 14.3 Å². The Labute approximate surface area is 176 Å². The molecule has 2 aliphatic heterocycles. The lowest BCUT2D eigenvalue weighted by Crippen LogP contribution is -2.57. The number of carbonyl (C=O) groups is 3. The van der Waals surface area contributed by atoms with Crippen LogP contribution in [0.3, 0.4) is 0 Å². The number of likely N-dealkylation sites (tertiary alicyclic amines) is 1. The van der Waals surface area contributed by atoms with Gasteiger partial charge in [-0.1, -0.05) is 19.8 Å². The van der Waals surface area contributed by atoms with Gasteiger partial charge >= 0.3 is 0 Å². The zero-order chi connectivity index (χ0) is 21.5. The fraction of sp³-hybridized carbons (Fsp3) is 0.591. The first-order valence-corrected chi connectivity index (χ1v) is 10.6. The third-order valence-corrected chi connectivity index (χ3v) is 6.87. The number of nitrogens with one attached hydrogen (secondary N) is 1. The third-order valence-electron chi connectivity index (χ3n) is 6.87. The fourth-order valence-electron chi connectivity index (χ4n) is 5.15. The molecule has 1 aromatic rings. The van der Waals surface area contributed by atoms with Crippen molar-refractivity contribution in [3.63, 3.8) is 0 Å². The van der Waals surface area contributed by atoms with Crippen molar-refractivity contribution in [3.8, 4) is 0 Å². The van der Waals surface area contributed by atoms with Gasteiger partial charge in [-0.25, -0.2) is 0 Å².